The van der Waals surface area contributed by atoms with Gasteiger partial charge >= 0.3 is 5.97 Å². The van der Waals surface area contributed by atoms with Crippen LogP contribution in [0.25, 0.3) is 11.3 Å². The average Bonchev–Trinajstić information content (AvgIpc) is 2.50. The molecule has 7 heteroatoms. The summed E-state index contributed by atoms with van der Waals surface area (Å²) in [6, 6.07) is 7.79. The zero-order chi connectivity index (χ0) is 18.1. The summed E-state index contributed by atoms with van der Waals surface area (Å²) in [6.45, 7) is 5.06. The minimum Gasteiger partial charge on any atom is -0.481 e. The summed E-state index contributed by atoms with van der Waals surface area (Å²) in [7, 11) is 0. The zero-order valence-electron chi connectivity index (χ0n) is 14.2. The van der Waals surface area contributed by atoms with E-state index in [0.717, 1.165) is 30.0 Å². The van der Waals surface area contributed by atoms with Gasteiger partial charge in [0.05, 0.1) is 23.5 Å². The average molecular weight is 340 g/mol. The monoisotopic (exact) mass is 340 g/mol. The van der Waals surface area contributed by atoms with Gasteiger partial charge in [-0.2, -0.15) is 0 Å². The van der Waals surface area contributed by atoms with E-state index in [9.17, 15) is 9.59 Å². The number of carboxylic acid groups (broad SMARTS) is 1. The first-order valence-electron chi connectivity index (χ1n) is 8.07. The lowest BCUT2D eigenvalue weighted by Gasteiger charge is -2.40. The number of carboxylic acids is 1. The van der Waals surface area contributed by atoms with Gasteiger partial charge in [0, 0.05) is 30.3 Å². The molecule has 2 aromatic rings. The highest BCUT2D eigenvalue weighted by molar-refractivity contribution is 5.92. The van der Waals surface area contributed by atoms with Crippen LogP contribution < -0.4 is 10.6 Å². The normalized spacial score (nSPS) is 14.2. The summed E-state index contributed by atoms with van der Waals surface area (Å²) in [5, 5.41) is 8.81. The topological polar surface area (TPSA) is 109 Å². The predicted molar refractivity (Wildman–Crippen MR) is 93.4 cm³/mol. The van der Waals surface area contributed by atoms with E-state index in [1.165, 1.54) is 0 Å². The molecule has 1 amide bonds. The Balaban J connectivity index is 1.79. The number of primary amides is 1. The first-order valence-corrected chi connectivity index (χ1v) is 8.07. The van der Waals surface area contributed by atoms with Crippen molar-refractivity contribution in [1.29, 1.82) is 0 Å². The predicted octanol–water partition coefficient (Wildman–Crippen LogP) is 1.77. The van der Waals surface area contributed by atoms with Crippen LogP contribution in [-0.4, -0.2) is 40.0 Å². The number of hydrogen-bond donors (Lipinski definition) is 2. The van der Waals surface area contributed by atoms with Gasteiger partial charge in [-0.05, 0) is 26.0 Å². The Hall–Kier alpha value is -2.96. The molecular formula is C18H20N4O3. The molecule has 1 aromatic carbocycles. The van der Waals surface area contributed by atoms with Crippen LogP contribution in [0.15, 0.2) is 24.3 Å². The molecular weight excluding hydrogens is 320 g/mol. The second kappa shape index (κ2) is 6.51. The number of hydrogen-bond acceptors (Lipinski definition) is 5. The molecule has 7 nitrogen and oxygen atoms in total. The van der Waals surface area contributed by atoms with Gasteiger partial charge in [0.15, 0.2) is 0 Å². The third-order valence-corrected chi connectivity index (χ3v) is 4.40. The number of aryl methyl sites for hydroxylation is 2. The second-order valence-electron chi connectivity index (χ2n) is 6.37. The minimum absolute atomic E-state index is 0.184. The molecule has 0 spiro atoms. The number of aromatic nitrogens is 2. The van der Waals surface area contributed by atoms with Gasteiger partial charge in [0.1, 0.15) is 5.69 Å². The van der Waals surface area contributed by atoms with Crippen LogP contribution in [0.3, 0.4) is 0 Å². The van der Waals surface area contributed by atoms with Crippen molar-refractivity contribution in [3.63, 3.8) is 0 Å². The second-order valence-corrected chi connectivity index (χ2v) is 6.37. The summed E-state index contributed by atoms with van der Waals surface area (Å²) in [6.07, 6.45) is 0.211. The van der Waals surface area contributed by atoms with E-state index in [-0.39, 0.29) is 18.0 Å². The lowest BCUT2D eigenvalue weighted by molar-refractivity contribution is -0.138. The zero-order valence-corrected chi connectivity index (χ0v) is 14.2. The van der Waals surface area contributed by atoms with Crippen molar-refractivity contribution < 1.29 is 14.7 Å². The maximum absolute atomic E-state index is 11.5. The fourth-order valence-corrected chi connectivity index (χ4v) is 3.12. The lowest BCUT2D eigenvalue weighted by atomic mass is 9.95. The highest BCUT2D eigenvalue weighted by atomic mass is 16.4. The van der Waals surface area contributed by atoms with Crippen molar-refractivity contribution in [3.8, 4) is 11.3 Å². The van der Waals surface area contributed by atoms with E-state index >= 15 is 0 Å². The molecule has 25 heavy (non-hydrogen) atoms. The highest BCUT2D eigenvalue weighted by Crippen LogP contribution is 2.29. The van der Waals surface area contributed by atoms with Crippen LogP contribution >= 0.6 is 0 Å². The number of anilines is 1. The molecule has 0 unspecified atom stereocenters. The van der Waals surface area contributed by atoms with E-state index in [1.807, 2.05) is 31.2 Å². The maximum atomic E-state index is 11.5. The van der Waals surface area contributed by atoms with Crippen LogP contribution in [-0.2, 0) is 4.79 Å². The summed E-state index contributed by atoms with van der Waals surface area (Å²) < 4.78 is 0. The van der Waals surface area contributed by atoms with Gasteiger partial charge in [-0.1, -0.05) is 12.1 Å². The molecule has 0 bridgehead atoms. The minimum atomic E-state index is -0.751. The Morgan fingerprint density at radius 1 is 1.16 bits per heavy atom. The van der Waals surface area contributed by atoms with Crippen LogP contribution in [0.5, 0.6) is 0 Å². The molecule has 1 fully saturated rings. The number of benzene rings is 1. The number of aliphatic carboxylic acids is 1. The summed E-state index contributed by atoms with van der Waals surface area (Å²) in [5.41, 5.74) is 9.34. The van der Waals surface area contributed by atoms with Crippen LogP contribution in [0, 0.1) is 19.8 Å². The number of amides is 1. The third-order valence-electron chi connectivity index (χ3n) is 4.40. The van der Waals surface area contributed by atoms with Gasteiger partial charge < -0.3 is 15.7 Å². The van der Waals surface area contributed by atoms with Crippen molar-refractivity contribution in [1.82, 2.24) is 9.97 Å². The van der Waals surface area contributed by atoms with Crippen molar-refractivity contribution >= 4 is 17.6 Å². The molecule has 1 aliphatic rings. The molecule has 0 radical (unpaired) electrons. The Kier molecular flexibility index (Phi) is 4.39. The van der Waals surface area contributed by atoms with E-state index in [0.29, 0.717) is 11.4 Å². The molecule has 1 aromatic heterocycles. The largest absolute Gasteiger partial charge is 0.481 e. The Bertz CT molecular complexity index is 827. The third kappa shape index (κ3) is 3.45. The quantitative estimate of drug-likeness (QED) is 0.858. The van der Waals surface area contributed by atoms with Crippen molar-refractivity contribution in [2.45, 2.75) is 20.3 Å². The fourth-order valence-electron chi connectivity index (χ4n) is 3.12. The molecule has 1 aliphatic heterocycles. The van der Waals surface area contributed by atoms with E-state index < -0.39 is 11.9 Å². The SMILES string of the molecule is Cc1nc(C)c(-c2ccc(N3CC(CC(=O)O)C3)cc2)nc1C(N)=O. The van der Waals surface area contributed by atoms with Gasteiger partial charge in [-0.3, -0.25) is 14.6 Å². The van der Waals surface area contributed by atoms with Crippen molar-refractivity contribution in [2.75, 3.05) is 18.0 Å². The lowest BCUT2D eigenvalue weighted by Crippen LogP contribution is -2.47. The van der Waals surface area contributed by atoms with Crippen molar-refractivity contribution in [3.05, 3.63) is 41.3 Å². The number of nitrogens with zero attached hydrogens (tertiary/aromatic N) is 3. The van der Waals surface area contributed by atoms with Crippen molar-refractivity contribution in [2.24, 2.45) is 11.7 Å². The Morgan fingerprint density at radius 3 is 2.36 bits per heavy atom. The van der Waals surface area contributed by atoms with E-state index in [4.69, 9.17) is 10.8 Å². The van der Waals surface area contributed by atoms with Crippen LogP contribution in [0.1, 0.15) is 28.3 Å². The molecule has 130 valence electrons. The smallest absolute Gasteiger partial charge is 0.303 e. The molecule has 2 heterocycles. The number of nitrogens with two attached hydrogens (primary N) is 1. The molecule has 0 atom stereocenters. The maximum Gasteiger partial charge on any atom is 0.303 e. The first-order chi connectivity index (χ1) is 11.8. The van der Waals surface area contributed by atoms with Gasteiger partial charge in [0.25, 0.3) is 5.91 Å². The number of rotatable bonds is 5. The van der Waals surface area contributed by atoms with E-state index in [2.05, 4.69) is 14.9 Å². The summed E-state index contributed by atoms with van der Waals surface area (Å²) in [5.74, 6) is -1.13. The molecule has 1 saturated heterocycles. The first kappa shape index (κ1) is 16.9. The van der Waals surface area contributed by atoms with Gasteiger partial charge in [-0.15, -0.1) is 0 Å². The van der Waals surface area contributed by atoms with E-state index in [1.54, 1.807) is 6.92 Å². The van der Waals surface area contributed by atoms with Crippen LogP contribution in [0.4, 0.5) is 5.69 Å². The van der Waals surface area contributed by atoms with Gasteiger partial charge in [0.2, 0.25) is 0 Å². The Labute approximate surface area is 145 Å². The molecule has 3 N–H and O–H groups in total. The van der Waals surface area contributed by atoms with Crippen LogP contribution in [0.2, 0.25) is 0 Å². The summed E-state index contributed by atoms with van der Waals surface area (Å²) in [4.78, 5) is 33.1. The number of carbonyl (C=O) groups is 2. The number of carbonyl (C=O) groups excluding carboxylic acids is 1. The fraction of sp³-hybridized carbons (Fsp3) is 0.333. The molecule has 0 saturated carbocycles. The highest BCUT2D eigenvalue weighted by Gasteiger charge is 2.28. The Morgan fingerprint density at radius 2 is 1.80 bits per heavy atom. The standard InChI is InChI=1S/C18H20N4O3/c1-10-16(21-17(18(19)25)11(2)20-10)13-3-5-14(6-4-13)22-8-12(9-22)7-15(23)24/h3-6,12H,7-9H2,1-2H3,(H2,19,25)(H,23,24). The summed E-state index contributed by atoms with van der Waals surface area (Å²) >= 11 is 0. The molecule has 3 rings (SSSR count). The van der Waals surface area contributed by atoms with Gasteiger partial charge in [-0.25, -0.2) is 4.98 Å². The molecule has 0 aliphatic carbocycles.